The molecule has 0 fully saturated rings. The van der Waals surface area contributed by atoms with Gasteiger partial charge in [-0.3, -0.25) is 4.79 Å². The highest BCUT2D eigenvalue weighted by Crippen LogP contribution is 2.32. The lowest BCUT2D eigenvalue weighted by atomic mass is 9.76. The fourth-order valence-electron chi connectivity index (χ4n) is 2.28. The number of hydrogen-bond donors (Lipinski definition) is 3. The molecule has 0 aliphatic rings. The molecule has 2 unspecified atom stereocenters. The number of urea groups is 1. The molecule has 0 bridgehead atoms. The number of likely N-dealkylation sites (N-methyl/N-ethyl adjacent to an activating group) is 1. The first-order valence-corrected chi connectivity index (χ1v) is 7.42. The van der Waals surface area contributed by atoms with E-state index in [0.717, 1.165) is 6.42 Å². The van der Waals surface area contributed by atoms with Gasteiger partial charge in [-0.1, -0.05) is 20.8 Å². The topological polar surface area (TPSA) is 89.9 Å². The highest BCUT2D eigenvalue weighted by atomic mass is 16.4. The van der Waals surface area contributed by atoms with Crippen LogP contribution in [0.15, 0.2) is 0 Å². The van der Waals surface area contributed by atoms with E-state index in [0.29, 0.717) is 13.0 Å². The predicted octanol–water partition coefficient (Wildman–Crippen LogP) is 1.93. The molecule has 0 rings (SSSR count). The van der Waals surface area contributed by atoms with Crippen molar-refractivity contribution in [3.05, 3.63) is 0 Å². The van der Waals surface area contributed by atoms with Crippen molar-refractivity contribution in [2.75, 3.05) is 20.1 Å². The third-order valence-electron chi connectivity index (χ3n) is 3.59. The summed E-state index contributed by atoms with van der Waals surface area (Å²) >= 11 is 0. The third kappa shape index (κ3) is 9.28. The molecule has 0 radical (unpaired) electrons. The molecular weight excluding hydrogens is 272 g/mol. The number of carbonyl (C=O) groups excluding carboxylic acids is 1. The molecule has 0 saturated heterocycles. The maximum absolute atomic E-state index is 11.8. The summed E-state index contributed by atoms with van der Waals surface area (Å²) in [5.41, 5.74) is 0.00565. The Morgan fingerprint density at radius 2 is 1.81 bits per heavy atom. The largest absolute Gasteiger partial charge is 0.481 e. The van der Waals surface area contributed by atoms with Crippen molar-refractivity contribution in [1.82, 2.24) is 10.2 Å². The molecular formula is C15H30N2O4. The summed E-state index contributed by atoms with van der Waals surface area (Å²) in [6.07, 6.45) is 0.944. The molecule has 0 aromatic carbocycles. The third-order valence-corrected chi connectivity index (χ3v) is 3.59. The van der Waals surface area contributed by atoms with Gasteiger partial charge in [0, 0.05) is 26.6 Å². The van der Waals surface area contributed by atoms with Gasteiger partial charge in [-0.05, 0) is 31.1 Å². The number of carbonyl (C=O) groups is 2. The van der Waals surface area contributed by atoms with Crippen LogP contribution in [0, 0.1) is 11.3 Å². The number of amides is 2. The Balaban J connectivity index is 4.24. The van der Waals surface area contributed by atoms with Gasteiger partial charge in [0.15, 0.2) is 0 Å². The molecule has 3 N–H and O–H groups in total. The number of carboxylic acids is 1. The average molecular weight is 302 g/mol. The zero-order chi connectivity index (χ0) is 16.6. The quantitative estimate of drug-likeness (QED) is 0.639. The summed E-state index contributed by atoms with van der Waals surface area (Å²) in [5, 5.41) is 20.8. The number of aliphatic hydroxyl groups is 1. The molecule has 0 aliphatic carbocycles. The van der Waals surface area contributed by atoms with Gasteiger partial charge < -0.3 is 20.4 Å². The van der Waals surface area contributed by atoms with Crippen LogP contribution in [0.5, 0.6) is 0 Å². The minimum atomic E-state index is -0.787. The Labute approximate surface area is 127 Å². The maximum Gasteiger partial charge on any atom is 0.317 e. The van der Waals surface area contributed by atoms with E-state index in [9.17, 15) is 14.7 Å². The fraction of sp³-hybridized carbons (Fsp3) is 0.867. The van der Waals surface area contributed by atoms with Gasteiger partial charge in [0.25, 0.3) is 0 Å². The van der Waals surface area contributed by atoms with E-state index in [4.69, 9.17) is 5.11 Å². The summed E-state index contributed by atoms with van der Waals surface area (Å²) in [7, 11) is 1.63. The summed E-state index contributed by atoms with van der Waals surface area (Å²) in [4.78, 5) is 23.9. The van der Waals surface area contributed by atoms with Gasteiger partial charge in [0.1, 0.15) is 0 Å². The average Bonchev–Trinajstić information content (AvgIpc) is 2.30. The lowest BCUT2D eigenvalue weighted by molar-refractivity contribution is -0.137. The van der Waals surface area contributed by atoms with Gasteiger partial charge in [-0.2, -0.15) is 0 Å². The predicted molar refractivity (Wildman–Crippen MR) is 82.1 cm³/mol. The molecule has 2 amide bonds. The molecule has 21 heavy (non-hydrogen) atoms. The smallest absolute Gasteiger partial charge is 0.317 e. The first kappa shape index (κ1) is 19.7. The molecule has 0 aliphatic heterocycles. The minimum absolute atomic E-state index is 0.00565. The van der Waals surface area contributed by atoms with E-state index in [1.807, 2.05) is 0 Å². The zero-order valence-electron chi connectivity index (χ0n) is 13.8. The molecule has 0 heterocycles. The minimum Gasteiger partial charge on any atom is -0.481 e. The lowest BCUT2D eigenvalue weighted by Gasteiger charge is -2.31. The van der Waals surface area contributed by atoms with E-state index in [2.05, 4.69) is 26.1 Å². The van der Waals surface area contributed by atoms with Crippen LogP contribution in [0.2, 0.25) is 0 Å². The van der Waals surface area contributed by atoms with Gasteiger partial charge in [0.05, 0.1) is 6.10 Å². The van der Waals surface area contributed by atoms with E-state index >= 15 is 0 Å². The summed E-state index contributed by atoms with van der Waals surface area (Å²) < 4.78 is 0. The number of hydrogen-bond acceptors (Lipinski definition) is 3. The number of nitrogens with zero attached hydrogens (tertiary/aromatic N) is 1. The van der Waals surface area contributed by atoms with Crippen molar-refractivity contribution < 1.29 is 19.8 Å². The molecule has 0 saturated carbocycles. The zero-order valence-corrected chi connectivity index (χ0v) is 13.8. The number of aliphatic carboxylic acids is 1. The van der Waals surface area contributed by atoms with Gasteiger partial charge in [-0.15, -0.1) is 0 Å². The molecule has 0 spiro atoms. The number of carboxylic acid groups (broad SMARTS) is 1. The van der Waals surface area contributed by atoms with Gasteiger partial charge in [0.2, 0.25) is 0 Å². The van der Waals surface area contributed by atoms with Gasteiger partial charge in [-0.25, -0.2) is 4.79 Å². The van der Waals surface area contributed by atoms with Crippen LogP contribution in [0.25, 0.3) is 0 Å². The number of aliphatic hydroxyl groups excluding tert-OH is 1. The first-order valence-electron chi connectivity index (χ1n) is 7.42. The summed E-state index contributed by atoms with van der Waals surface area (Å²) in [6, 6.07) is -0.221. The van der Waals surface area contributed by atoms with Crippen LogP contribution in [0.4, 0.5) is 4.79 Å². The van der Waals surface area contributed by atoms with Crippen LogP contribution < -0.4 is 5.32 Å². The van der Waals surface area contributed by atoms with Crippen molar-refractivity contribution in [1.29, 1.82) is 0 Å². The second kappa shape index (κ2) is 8.87. The Morgan fingerprint density at radius 3 is 2.24 bits per heavy atom. The first-order chi connectivity index (χ1) is 9.54. The van der Waals surface area contributed by atoms with Crippen LogP contribution in [-0.4, -0.2) is 53.4 Å². The van der Waals surface area contributed by atoms with E-state index in [1.54, 1.807) is 14.0 Å². The van der Waals surface area contributed by atoms with Gasteiger partial charge >= 0.3 is 12.0 Å². The molecule has 0 aromatic rings. The van der Waals surface area contributed by atoms with Crippen LogP contribution in [-0.2, 0) is 4.79 Å². The molecule has 0 aromatic heterocycles. The maximum atomic E-state index is 11.8. The molecule has 2 atom stereocenters. The fourth-order valence-corrected chi connectivity index (χ4v) is 2.28. The Kier molecular flexibility index (Phi) is 8.32. The summed E-state index contributed by atoms with van der Waals surface area (Å²) in [5.74, 6) is -0.555. The second-order valence-electron chi connectivity index (χ2n) is 6.75. The SMILES string of the molecule is CC(O)CN(C)C(=O)NCCC(CCC(=O)O)C(C)(C)C. The van der Waals surface area contributed by atoms with Crippen LogP contribution in [0.1, 0.15) is 47.0 Å². The van der Waals surface area contributed by atoms with E-state index < -0.39 is 12.1 Å². The molecule has 124 valence electrons. The monoisotopic (exact) mass is 302 g/mol. The second-order valence-corrected chi connectivity index (χ2v) is 6.75. The summed E-state index contributed by atoms with van der Waals surface area (Å²) in [6.45, 7) is 8.67. The molecule has 6 heteroatoms. The lowest BCUT2D eigenvalue weighted by Crippen LogP contribution is -2.41. The molecule has 6 nitrogen and oxygen atoms in total. The standard InChI is InChI=1S/C15H30N2O4/c1-11(18)10-17(5)14(21)16-9-8-12(15(2,3)4)6-7-13(19)20/h11-12,18H,6-10H2,1-5H3,(H,16,21)(H,19,20). The van der Waals surface area contributed by atoms with Crippen molar-refractivity contribution in [3.8, 4) is 0 Å². The highest BCUT2D eigenvalue weighted by molar-refractivity contribution is 5.73. The number of nitrogens with one attached hydrogen (secondary N) is 1. The van der Waals surface area contributed by atoms with Crippen molar-refractivity contribution >= 4 is 12.0 Å². The van der Waals surface area contributed by atoms with Crippen LogP contribution in [0.3, 0.4) is 0 Å². The van der Waals surface area contributed by atoms with Crippen molar-refractivity contribution in [2.45, 2.75) is 53.1 Å². The Bertz CT molecular complexity index is 337. The van der Waals surface area contributed by atoms with E-state index in [1.165, 1.54) is 4.90 Å². The highest BCUT2D eigenvalue weighted by Gasteiger charge is 2.25. The Hall–Kier alpha value is -1.30. The van der Waals surface area contributed by atoms with Crippen LogP contribution >= 0.6 is 0 Å². The van der Waals surface area contributed by atoms with Crippen molar-refractivity contribution in [2.24, 2.45) is 11.3 Å². The normalized spacial score (nSPS) is 14.4. The number of rotatable bonds is 8. The Morgan fingerprint density at radius 1 is 1.24 bits per heavy atom. The van der Waals surface area contributed by atoms with E-state index in [-0.39, 0.29) is 30.3 Å². The van der Waals surface area contributed by atoms with Crippen molar-refractivity contribution in [3.63, 3.8) is 0 Å².